The molecule has 0 aliphatic carbocycles. The van der Waals surface area contributed by atoms with Gasteiger partial charge >= 0.3 is 5.97 Å². The van der Waals surface area contributed by atoms with Crippen molar-refractivity contribution in [1.29, 1.82) is 0 Å². The zero-order valence-corrected chi connectivity index (χ0v) is 14.2. The first-order valence-corrected chi connectivity index (χ1v) is 7.93. The molecule has 0 radical (unpaired) electrons. The molecule has 0 saturated carbocycles. The number of aliphatic carboxylic acids is 1. The highest BCUT2D eigenvalue weighted by Crippen LogP contribution is 2.30. The normalized spacial score (nSPS) is 11.0. The van der Waals surface area contributed by atoms with Gasteiger partial charge in [0.2, 0.25) is 0 Å². The van der Waals surface area contributed by atoms with Crippen molar-refractivity contribution in [1.82, 2.24) is 4.57 Å². The summed E-state index contributed by atoms with van der Waals surface area (Å²) in [5.41, 5.74) is 5.34. The zero-order chi connectivity index (χ0) is 17.3. The lowest BCUT2D eigenvalue weighted by molar-refractivity contribution is -0.136. The number of benzene rings is 2. The number of methoxy groups -OCH3 is 1. The van der Waals surface area contributed by atoms with Gasteiger partial charge in [-0.2, -0.15) is 0 Å². The van der Waals surface area contributed by atoms with Crippen molar-refractivity contribution in [3.63, 3.8) is 0 Å². The Bertz CT molecular complexity index is 909. The molecule has 1 N–H and O–H groups in total. The highest BCUT2D eigenvalue weighted by Gasteiger charge is 2.17. The van der Waals surface area contributed by atoms with Crippen LogP contribution in [0, 0.1) is 13.8 Å². The van der Waals surface area contributed by atoms with Crippen LogP contribution in [-0.2, 0) is 17.8 Å². The lowest BCUT2D eigenvalue weighted by Crippen LogP contribution is -2.05. The molecular weight excluding hydrogens is 302 g/mol. The number of nitrogens with zero attached hydrogens (tertiary/aromatic N) is 1. The third kappa shape index (κ3) is 2.87. The van der Waals surface area contributed by atoms with E-state index in [4.69, 9.17) is 4.74 Å². The summed E-state index contributed by atoms with van der Waals surface area (Å²) in [4.78, 5) is 11.3. The van der Waals surface area contributed by atoms with Gasteiger partial charge in [-0.1, -0.05) is 24.3 Å². The van der Waals surface area contributed by atoms with Crippen molar-refractivity contribution in [2.75, 3.05) is 7.11 Å². The van der Waals surface area contributed by atoms with Gasteiger partial charge in [-0.25, -0.2) is 0 Å². The molecule has 3 rings (SSSR count). The quantitative estimate of drug-likeness (QED) is 0.773. The largest absolute Gasteiger partial charge is 0.497 e. The van der Waals surface area contributed by atoms with Crippen LogP contribution in [0.1, 0.15) is 22.4 Å². The lowest BCUT2D eigenvalue weighted by atomic mass is 10.1. The number of ether oxygens (including phenoxy) is 1. The van der Waals surface area contributed by atoms with E-state index in [0.717, 1.165) is 34.5 Å². The summed E-state index contributed by atoms with van der Waals surface area (Å²) in [7, 11) is 1.62. The number of hydrogen-bond donors (Lipinski definition) is 1. The molecule has 0 spiro atoms. The molecule has 0 atom stereocenters. The number of fused-ring (bicyclic) bond motifs is 1. The van der Waals surface area contributed by atoms with E-state index >= 15 is 0 Å². The van der Waals surface area contributed by atoms with Gasteiger partial charge in [0.1, 0.15) is 5.75 Å². The van der Waals surface area contributed by atoms with Crippen molar-refractivity contribution in [2.24, 2.45) is 0 Å². The lowest BCUT2D eigenvalue weighted by Gasteiger charge is -2.11. The van der Waals surface area contributed by atoms with Crippen LogP contribution in [0.25, 0.3) is 10.9 Å². The first-order chi connectivity index (χ1) is 11.5. The molecule has 3 aromatic rings. The molecule has 0 unspecified atom stereocenters. The second-order valence-corrected chi connectivity index (χ2v) is 6.03. The van der Waals surface area contributed by atoms with E-state index in [1.54, 1.807) is 7.11 Å². The van der Waals surface area contributed by atoms with Crippen LogP contribution in [0.2, 0.25) is 0 Å². The average Bonchev–Trinajstić information content (AvgIpc) is 2.81. The number of carbonyl (C=O) groups is 1. The molecule has 0 fully saturated rings. The maximum atomic E-state index is 11.3. The Hall–Kier alpha value is -2.75. The summed E-state index contributed by atoms with van der Waals surface area (Å²) in [6, 6.07) is 14.1. The summed E-state index contributed by atoms with van der Waals surface area (Å²) in [6.45, 7) is 4.81. The molecule has 0 bridgehead atoms. The Labute approximate surface area is 141 Å². The fourth-order valence-electron chi connectivity index (χ4n) is 3.19. The van der Waals surface area contributed by atoms with Crippen LogP contribution in [0.4, 0.5) is 0 Å². The number of aryl methyl sites for hydroxylation is 1. The Morgan fingerprint density at radius 1 is 1.17 bits per heavy atom. The van der Waals surface area contributed by atoms with Gasteiger partial charge in [0.15, 0.2) is 0 Å². The predicted octanol–water partition coefficient (Wildman–Crippen LogP) is 3.94. The molecule has 24 heavy (non-hydrogen) atoms. The van der Waals surface area contributed by atoms with E-state index in [0.29, 0.717) is 0 Å². The maximum Gasteiger partial charge on any atom is 0.307 e. The van der Waals surface area contributed by atoms with Crippen molar-refractivity contribution < 1.29 is 14.6 Å². The summed E-state index contributed by atoms with van der Waals surface area (Å²) in [5.74, 6) is -0.0851. The van der Waals surface area contributed by atoms with Gasteiger partial charge in [0.05, 0.1) is 13.5 Å². The van der Waals surface area contributed by atoms with Crippen molar-refractivity contribution >= 4 is 16.9 Å². The summed E-state index contributed by atoms with van der Waals surface area (Å²) < 4.78 is 7.50. The molecular formula is C20H21NO3. The molecule has 2 aromatic carbocycles. The summed E-state index contributed by atoms with van der Waals surface area (Å²) >= 11 is 0. The molecule has 4 nitrogen and oxygen atoms in total. The zero-order valence-electron chi connectivity index (χ0n) is 14.2. The number of aromatic nitrogens is 1. The Balaban J connectivity index is 2.18. The van der Waals surface area contributed by atoms with Gasteiger partial charge in [-0.15, -0.1) is 0 Å². The molecule has 0 aliphatic heterocycles. The molecule has 124 valence electrons. The van der Waals surface area contributed by atoms with E-state index in [1.165, 1.54) is 11.1 Å². The van der Waals surface area contributed by atoms with Crippen molar-refractivity contribution in [2.45, 2.75) is 26.8 Å². The minimum absolute atomic E-state index is 0.0102. The number of hydrogen-bond acceptors (Lipinski definition) is 2. The van der Waals surface area contributed by atoms with Crippen LogP contribution in [0.5, 0.6) is 5.75 Å². The Morgan fingerprint density at radius 2 is 1.92 bits per heavy atom. The van der Waals surface area contributed by atoms with Gasteiger partial charge in [0.25, 0.3) is 0 Å². The minimum atomic E-state index is -0.823. The van der Waals surface area contributed by atoms with Crippen LogP contribution in [0.3, 0.4) is 0 Å². The molecule has 0 amide bonds. The second-order valence-electron chi connectivity index (χ2n) is 6.03. The second kappa shape index (κ2) is 6.40. The molecule has 0 saturated heterocycles. The Morgan fingerprint density at radius 3 is 2.58 bits per heavy atom. The standard InChI is InChI=1S/C20H21NO3/c1-13-6-4-5-7-15(13)12-21-14(2)17(11-20(22)23)18-10-16(24-3)8-9-19(18)21/h4-10H,11-12H2,1-3H3,(H,22,23). The highest BCUT2D eigenvalue weighted by atomic mass is 16.5. The van der Waals surface area contributed by atoms with E-state index < -0.39 is 5.97 Å². The van der Waals surface area contributed by atoms with Crippen LogP contribution >= 0.6 is 0 Å². The Kier molecular flexibility index (Phi) is 4.30. The van der Waals surface area contributed by atoms with E-state index in [2.05, 4.69) is 23.6 Å². The van der Waals surface area contributed by atoms with E-state index in [9.17, 15) is 9.90 Å². The smallest absolute Gasteiger partial charge is 0.307 e. The topological polar surface area (TPSA) is 51.5 Å². The van der Waals surface area contributed by atoms with Crippen LogP contribution in [0.15, 0.2) is 42.5 Å². The van der Waals surface area contributed by atoms with Crippen molar-refractivity contribution in [3.05, 3.63) is 64.8 Å². The van der Waals surface area contributed by atoms with Crippen molar-refractivity contribution in [3.8, 4) is 5.75 Å². The van der Waals surface area contributed by atoms with Gasteiger partial charge in [-0.05, 0) is 48.7 Å². The molecule has 1 heterocycles. The molecule has 1 aromatic heterocycles. The monoisotopic (exact) mass is 323 g/mol. The van der Waals surface area contributed by atoms with Gasteiger partial charge in [0, 0.05) is 23.1 Å². The first-order valence-electron chi connectivity index (χ1n) is 7.93. The SMILES string of the molecule is COc1ccc2c(c1)c(CC(=O)O)c(C)n2Cc1ccccc1C. The van der Waals surface area contributed by atoms with E-state index in [1.807, 2.05) is 37.3 Å². The number of carboxylic acid groups (broad SMARTS) is 1. The molecule has 0 aliphatic rings. The third-order valence-corrected chi connectivity index (χ3v) is 4.58. The first kappa shape index (κ1) is 16.1. The average molecular weight is 323 g/mol. The summed E-state index contributed by atoms with van der Waals surface area (Å²) in [6.07, 6.45) is 0.0102. The van der Waals surface area contributed by atoms with Gasteiger partial charge in [-0.3, -0.25) is 4.79 Å². The summed E-state index contributed by atoms with van der Waals surface area (Å²) in [5, 5.41) is 10.2. The fraction of sp³-hybridized carbons (Fsp3) is 0.250. The predicted molar refractivity (Wildman–Crippen MR) is 94.8 cm³/mol. The van der Waals surface area contributed by atoms with Crippen LogP contribution in [-0.4, -0.2) is 22.8 Å². The van der Waals surface area contributed by atoms with Crippen LogP contribution < -0.4 is 4.74 Å². The minimum Gasteiger partial charge on any atom is -0.497 e. The maximum absolute atomic E-state index is 11.3. The number of rotatable bonds is 5. The third-order valence-electron chi connectivity index (χ3n) is 4.58. The highest BCUT2D eigenvalue weighted by molar-refractivity contribution is 5.90. The fourth-order valence-corrected chi connectivity index (χ4v) is 3.19. The number of carboxylic acids is 1. The molecule has 4 heteroatoms. The van der Waals surface area contributed by atoms with Gasteiger partial charge < -0.3 is 14.4 Å². The van der Waals surface area contributed by atoms with E-state index in [-0.39, 0.29) is 6.42 Å².